The van der Waals surface area contributed by atoms with Gasteiger partial charge in [-0.3, -0.25) is 10.1 Å². The molecule has 0 saturated heterocycles. The molecule has 8 nitrogen and oxygen atoms in total. The molecule has 0 saturated carbocycles. The first kappa shape index (κ1) is 14.9. The van der Waals surface area contributed by atoms with Crippen molar-refractivity contribution in [3.05, 3.63) is 34.4 Å². The molecule has 1 heterocycles. The van der Waals surface area contributed by atoms with Crippen LogP contribution >= 0.6 is 11.8 Å². The summed E-state index contributed by atoms with van der Waals surface area (Å²) >= 11 is 1.29. The highest BCUT2D eigenvalue weighted by Gasteiger charge is 2.18. The molecule has 2 rings (SSSR count). The highest BCUT2D eigenvalue weighted by Crippen LogP contribution is 2.34. The fourth-order valence-electron chi connectivity index (χ4n) is 1.53. The Hall–Kier alpha value is -2.55. The molecule has 0 unspecified atom stereocenters. The normalized spacial score (nSPS) is 10.2. The number of hydrogen-bond acceptors (Lipinski definition) is 8. The molecular formula is C12H12N4O4S. The van der Waals surface area contributed by atoms with E-state index in [1.807, 2.05) is 0 Å². The van der Waals surface area contributed by atoms with Crippen LogP contribution in [0.15, 0.2) is 29.4 Å². The molecule has 9 heteroatoms. The molecule has 2 N–H and O–H groups in total. The number of nitrogens with two attached hydrogens (primary N) is 1. The van der Waals surface area contributed by atoms with Gasteiger partial charge in [-0.25, -0.2) is 4.98 Å². The van der Waals surface area contributed by atoms with Crippen molar-refractivity contribution in [2.24, 2.45) is 0 Å². The average Bonchev–Trinajstić information content (AvgIpc) is 2.46. The van der Waals surface area contributed by atoms with Crippen LogP contribution in [-0.2, 0) is 0 Å². The zero-order valence-electron chi connectivity index (χ0n) is 11.3. The molecule has 0 bridgehead atoms. The van der Waals surface area contributed by atoms with Crippen LogP contribution in [0.1, 0.15) is 0 Å². The molecule has 2 aromatic rings. The fraction of sp³-hybridized carbons (Fsp3) is 0.167. The number of nitro benzene ring substituents is 1. The fourth-order valence-corrected chi connectivity index (χ4v) is 1.91. The Labute approximate surface area is 124 Å². The van der Waals surface area contributed by atoms with Crippen molar-refractivity contribution in [1.82, 2.24) is 9.97 Å². The van der Waals surface area contributed by atoms with Crippen LogP contribution < -0.4 is 15.2 Å². The second kappa shape index (κ2) is 6.27. The second-order valence-corrected chi connectivity index (χ2v) is 4.58. The Morgan fingerprint density at radius 3 is 2.71 bits per heavy atom. The SMILES string of the molecule is COc1ccc([N+](=O)[O-])c(Oc2cc(N)nc(SC)n2)c1. The number of hydrogen-bond donors (Lipinski definition) is 1. The predicted octanol–water partition coefficient (Wildman–Crippen LogP) is 2.49. The number of rotatable bonds is 5. The third-order valence-corrected chi connectivity index (χ3v) is 3.01. The van der Waals surface area contributed by atoms with E-state index in [1.54, 1.807) is 6.26 Å². The minimum absolute atomic E-state index is 0.0181. The Kier molecular flexibility index (Phi) is 4.43. The van der Waals surface area contributed by atoms with Gasteiger partial charge in [0.25, 0.3) is 0 Å². The Morgan fingerprint density at radius 1 is 1.33 bits per heavy atom. The molecule has 0 aliphatic rings. The molecule has 110 valence electrons. The maximum Gasteiger partial charge on any atom is 0.311 e. The third-order valence-electron chi connectivity index (χ3n) is 2.46. The van der Waals surface area contributed by atoms with Crippen LogP contribution in [0, 0.1) is 10.1 Å². The van der Waals surface area contributed by atoms with Gasteiger partial charge in [0.2, 0.25) is 11.6 Å². The number of methoxy groups -OCH3 is 1. The molecule has 0 atom stereocenters. The molecule has 1 aromatic heterocycles. The molecule has 0 amide bonds. The lowest BCUT2D eigenvalue weighted by molar-refractivity contribution is -0.385. The number of anilines is 1. The van der Waals surface area contributed by atoms with Crippen molar-refractivity contribution >= 4 is 23.3 Å². The van der Waals surface area contributed by atoms with Gasteiger partial charge in [-0.1, -0.05) is 11.8 Å². The summed E-state index contributed by atoms with van der Waals surface area (Å²) in [5.41, 5.74) is 5.44. The Morgan fingerprint density at radius 2 is 2.10 bits per heavy atom. The van der Waals surface area contributed by atoms with Gasteiger partial charge < -0.3 is 15.2 Å². The number of thioether (sulfide) groups is 1. The number of benzene rings is 1. The maximum atomic E-state index is 11.0. The van der Waals surface area contributed by atoms with E-state index < -0.39 is 4.92 Å². The first-order valence-electron chi connectivity index (χ1n) is 5.72. The van der Waals surface area contributed by atoms with Gasteiger partial charge >= 0.3 is 5.69 Å². The molecule has 0 spiro atoms. The molecule has 21 heavy (non-hydrogen) atoms. The molecule has 1 aromatic carbocycles. The highest BCUT2D eigenvalue weighted by molar-refractivity contribution is 7.98. The summed E-state index contributed by atoms with van der Waals surface area (Å²) in [4.78, 5) is 18.5. The molecule has 0 radical (unpaired) electrons. The van der Waals surface area contributed by atoms with Crippen molar-refractivity contribution < 1.29 is 14.4 Å². The van der Waals surface area contributed by atoms with Gasteiger partial charge in [-0.2, -0.15) is 4.98 Å². The van der Waals surface area contributed by atoms with Gasteiger partial charge in [-0.15, -0.1) is 0 Å². The topological polar surface area (TPSA) is 113 Å². The molecule has 0 fully saturated rings. The molecule has 0 aliphatic carbocycles. The van der Waals surface area contributed by atoms with Crippen LogP contribution in [0.5, 0.6) is 17.4 Å². The molecule has 0 aliphatic heterocycles. The van der Waals surface area contributed by atoms with E-state index in [4.69, 9.17) is 15.2 Å². The van der Waals surface area contributed by atoms with Crippen molar-refractivity contribution in [3.63, 3.8) is 0 Å². The van der Waals surface area contributed by atoms with Crippen molar-refractivity contribution in [1.29, 1.82) is 0 Å². The lowest BCUT2D eigenvalue weighted by Gasteiger charge is -2.08. The monoisotopic (exact) mass is 308 g/mol. The number of nitrogen functional groups attached to an aromatic ring is 1. The van der Waals surface area contributed by atoms with Crippen LogP contribution in [-0.4, -0.2) is 28.3 Å². The van der Waals surface area contributed by atoms with E-state index in [1.165, 1.54) is 43.1 Å². The minimum Gasteiger partial charge on any atom is -0.497 e. The standard InChI is InChI=1S/C12H12N4O4S/c1-19-7-3-4-8(16(17)18)9(5-7)20-11-6-10(13)14-12(15-11)21-2/h3-6H,1-2H3,(H2,13,14,15). The number of aromatic nitrogens is 2. The molecular weight excluding hydrogens is 296 g/mol. The second-order valence-electron chi connectivity index (χ2n) is 3.81. The third kappa shape index (κ3) is 3.51. The van der Waals surface area contributed by atoms with E-state index in [0.29, 0.717) is 10.9 Å². The summed E-state index contributed by atoms with van der Waals surface area (Å²) in [5, 5.41) is 11.4. The van der Waals surface area contributed by atoms with Crippen molar-refractivity contribution in [3.8, 4) is 17.4 Å². The summed E-state index contributed by atoms with van der Waals surface area (Å²) in [6.45, 7) is 0. The minimum atomic E-state index is -0.547. The Bertz CT molecular complexity index is 680. The van der Waals surface area contributed by atoms with E-state index in [9.17, 15) is 10.1 Å². The van der Waals surface area contributed by atoms with Gasteiger partial charge in [-0.05, 0) is 12.3 Å². The van der Waals surface area contributed by atoms with Gasteiger partial charge in [0.1, 0.15) is 11.6 Å². The summed E-state index contributed by atoms with van der Waals surface area (Å²) in [5.74, 6) is 0.797. The number of ether oxygens (including phenoxy) is 2. The predicted molar refractivity (Wildman–Crippen MR) is 77.9 cm³/mol. The average molecular weight is 308 g/mol. The first-order chi connectivity index (χ1) is 10.0. The van der Waals surface area contributed by atoms with Gasteiger partial charge in [0.05, 0.1) is 12.0 Å². The van der Waals surface area contributed by atoms with E-state index >= 15 is 0 Å². The van der Waals surface area contributed by atoms with Crippen LogP contribution in [0.4, 0.5) is 11.5 Å². The van der Waals surface area contributed by atoms with Gasteiger partial charge in [0, 0.05) is 18.2 Å². The summed E-state index contributed by atoms with van der Waals surface area (Å²) in [6.07, 6.45) is 1.78. The van der Waals surface area contributed by atoms with Crippen LogP contribution in [0.25, 0.3) is 0 Å². The maximum absolute atomic E-state index is 11.0. The number of nitro groups is 1. The highest BCUT2D eigenvalue weighted by atomic mass is 32.2. The lowest BCUT2D eigenvalue weighted by atomic mass is 10.3. The zero-order chi connectivity index (χ0) is 15.4. The van der Waals surface area contributed by atoms with E-state index in [0.717, 1.165) is 0 Å². The van der Waals surface area contributed by atoms with Crippen LogP contribution in [0.2, 0.25) is 0 Å². The quantitative estimate of drug-likeness (QED) is 0.388. The van der Waals surface area contributed by atoms with Crippen LogP contribution in [0.3, 0.4) is 0 Å². The largest absolute Gasteiger partial charge is 0.497 e. The summed E-state index contributed by atoms with van der Waals surface area (Å²) in [6, 6.07) is 5.58. The van der Waals surface area contributed by atoms with Gasteiger partial charge in [0.15, 0.2) is 5.16 Å². The summed E-state index contributed by atoms with van der Waals surface area (Å²) < 4.78 is 10.5. The smallest absolute Gasteiger partial charge is 0.311 e. The number of nitrogens with zero attached hydrogens (tertiary/aromatic N) is 3. The lowest BCUT2D eigenvalue weighted by Crippen LogP contribution is -1.99. The van der Waals surface area contributed by atoms with E-state index in [-0.39, 0.29) is 23.1 Å². The van der Waals surface area contributed by atoms with Crippen molar-refractivity contribution in [2.45, 2.75) is 5.16 Å². The Balaban J connectivity index is 2.42. The first-order valence-corrected chi connectivity index (χ1v) is 6.94. The zero-order valence-corrected chi connectivity index (χ0v) is 12.1. The van der Waals surface area contributed by atoms with Crippen molar-refractivity contribution in [2.75, 3.05) is 19.1 Å². The van der Waals surface area contributed by atoms with E-state index in [2.05, 4.69) is 9.97 Å². The summed E-state index contributed by atoms with van der Waals surface area (Å²) in [7, 11) is 1.46.